The number of hydrogen-bond donors (Lipinski definition) is 12. The van der Waals surface area contributed by atoms with Gasteiger partial charge in [0, 0.05) is 111 Å². The molecule has 35 nitrogen and oxygen atoms in total. The lowest BCUT2D eigenvalue weighted by Crippen LogP contribution is -2.52. The van der Waals surface area contributed by atoms with Crippen LogP contribution in [0.2, 0.25) is 0 Å². The molecular weight excluding hydrogens is 1690 g/mol. The number of ether oxygens (including phenoxy) is 2. The van der Waals surface area contributed by atoms with E-state index in [9.17, 15) is 77.3 Å². The van der Waals surface area contributed by atoms with Crippen LogP contribution in [-0.2, 0) is 56.3 Å². The molecular formula is C81H83N17O18S6. The van der Waals surface area contributed by atoms with E-state index in [1.165, 1.54) is 52.7 Å². The molecule has 3 aliphatic heterocycles. The maximum absolute atomic E-state index is 14.9. The van der Waals surface area contributed by atoms with E-state index in [0.717, 1.165) is 73.3 Å². The number of carbonyl (C=O) groups is 14. The third-order valence-corrected chi connectivity index (χ3v) is 25.4. The molecule has 0 saturated heterocycles. The molecule has 14 N–H and O–H groups in total. The van der Waals surface area contributed by atoms with Crippen molar-refractivity contribution in [3.63, 3.8) is 0 Å². The summed E-state index contributed by atoms with van der Waals surface area (Å²) < 4.78 is 12.4. The summed E-state index contributed by atoms with van der Waals surface area (Å²) in [7, 11) is 0. The number of Topliss-reactive ketones (excluding diaryl/α,β-unsaturated/α-hetero) is 2. The quantitative estimate of drug-likeness (QED) is 0.0111. The van der Waals surface area contributed by atoms with Crippen molar-refractivity contribution in [1.29, 1.82) is 0 Å². The average molecular weight is 1780 g/mol. The number of thiazole rings is 5. The number of ketones is 2. The Balaban J connectivity index is 0.900. The minimum Gasteiger partial charge on any atom is -0.486 e. The summed E-state index contributed by atoms with van der Waals surface area (Å²) in [6.07, 6.45) is 1.26. The number of aromatic amines is 1. The average Bonchev–Trinajstić information content (AvgIpc) is 1.59. The first-order valence-electron chi connectivity index (χ1n) is 38.4. The second kappa shape index (κ2) is 40.0. The van der Waals surface area contributed by atoms with Crippen LogP contribution in [0.4, 0.5) is 10.5 Å². The van der Waals surface area contributed by atoms with Crippen LogP contribution < -0.4 is 53.4 Å². The molecule has 9 aromatic rings. The first-order chi connectivity index (χ1) is 58.4. The lowest BCUT2D eigenvalue weighted by Gasteiger charge is -2.24. The van der Waals surface area contributed by atoms with E-state index in [1.54, 1.807) is 75.5 Å². The predicted molar refractivity (Wildman–Crippen MR) is 455 cm³/mol. The molecule has 10 heterocycles. The number of nitrogens with one attached hydrogen (secondary N) is 8. The Morgan fingerprint density at radius 3 is 2.20 bits per heavy atom. The number of aromatic nitrogens is 7. The molecule has 7 aromatic heterocycles. The maximum Gasteiger partial charge on any atom is 0.335 e. The van der Waals surface area contributed by atoms with E-state index in [4.69, 9.17) is 35.9 Å². The van der Waals surface area contributed by atoms with Gasteiger partial charge in [-0.15, -0.1) is 56.7 Å². The largest absolute Gasteiger partial charge is 0.486 e. The number of amides is 11. The number of primary amides is 2. The Morgan fingerprint density at radius 1 is 0.779 bits per heavy atom. The number of cyclic esters (lactones) is 1. The number of hydrogen-bond acceptors (Lipinski definition) is 30. The zero-order chi connectivity index (χ0) is 87.3. The van der Waals surface area contributed by atoms with Gasteiger partial charge in [-0.3, -0.25) is 62.4 Å². The van der Waals surface area contributed by atoms with Gasteiger partial charge in [0.25, 0.3) is 35.4 Å². The summed E-state index contributed by atoms with van der Waals surface area (Å²) >= 11 is 5.76. The molecule has 0 radical (unpaired) electrons. The highest BCUT2D eigenvalue weighted by molar-refractivity contribution is 8.14. The van der Waals surface area contributed by atoms with Crippen molar-refractivity contribution < 1.29 is 86.8 Å². The van der Waals surface area contributed by atoms with Gasteiger partial charge in [0.05, 0.1) is 40.3 Å². The predicted octanol–water partition coefficient (Wildman–Crippen LogP) is 8.23. The monoisotopic (exact) mass is 1770 g/mol. The Labute approximate surface area is 720 Å². The molecule has 7 atom stereocenters. The van der Waals surface area contributed by atoms with Crippen molar-refractivity contribution in [2.45, 2.75) is 142 Å². The highest BCUT2D eigenvalue weighted by Crippen LogP contribution is 2.43. The molecule has 636 valence electrons. The summed E-state index contributed by atoms with van der Waals surface area (Å²) in [5.41, 5.74) is 12.6. The number of pyridine rings is 1. The zero-order valence-electron chi connectivity index (χ0n) is 66.1. The first-order valence-corrected chi connectivity index (χ1v) is 43.7. The zero-order valence-corrected chi connectivity index (χ0v) is 71.0. The van der Waals surface area contributed by atoms with E-state index >= 15 is 0 Å². The third-order valence-electron chi connectivity index (χ3n) is 19.9. The first kappa shape index (κ1) is 89.0. The van der Waals surface area contributed by atoms with Crippen molar-refractivity contribution in [2.24, 2.45) is 23.3 Å². The topological polar surface area (TPSA) is 531 Å². The Hall–Kier alpha value is -12.3. The number of aryl methyl sites for hydroxylation is 1. The SMILES string of the molecule is C=C(NC(=O)c1csc(-c2nc3c(cc2OCc2ccc(NC(=O)C(CCCNC(N)=O)CC(=O)C(NC(=O)CCCCCN4C(=O)C=CC4=O)C(C)C)cc2)-c2nc(cs2)C(=O)NC(C(C)O)C(=O)N/C(=C\C)c2nc(cs2)C(=O)CC2CC(O)C(=O)OCc4cccc5[nH]c(c(C)c45)C(=O)SCC(NC(=O)c4csc2n4)c2nc-3cs2)n1)C(N)=O. The van der Waals surface area contributed by atoms with Crippen molar-refractivity contribution in [1.82, 2.24) is 71.7 Å². The number of aliphatic hydroxyl groups excluding tert-OH is 2. The number of allylic oxidation sites excluding steroid dienone is 1. The molecule has 0 spiro atoms. The van der Waals surface area contributed by atoms with Crippen LogP contribution >= 0.6 is 68.4 Å². The number of unbranched alkanes of at least 4 members (excludes halogenated alkanes) is 2. The number of anilines is 1. The molecule has 7 unspecified atom stereocenters. The molecule has 41 heteroatoms. The number of urea groups is 1. The van der Waals surface area contributed by atoms with Crippen LogP contribution in [0.15, 0.2) is 106 Å². The van der Waals surface area contributed by atoms with Gasteiger partial charge in [-0.05, 0) is 99.7 Å². The van der Waals surface area contributed by atoms with Gasteiger partial charge >= 0.3 is 12.0 Å². The number of nitrogens with zero attached hydrogens (tertiary/aromatic N) is 7. The van der Waals surface area contributed by atoms with Gasteiger partial charge in [-0.2, -0.15) is 0 Å². The summed E-state index contributed by atoms with van der Waals surface area (Å²) in [6, 6.07) is 8.65. The molecule has 12 bridgehead atoms. The van der Waals surface area contributed by atoms with Gasteiger partial charge in [-0.1, -0.05) is 69.0 Å². The fourth-order valence-corrected chi connectivity index (χ4v) is 18.6. The Morgan fingerprint density at radius 2 is 1.47 bits per heavy atom. The van der Waals surface area contributed by atoms with E-state index in [0.29, 0.717) is 52.5 Å². The Bertz CT molecular complexity index is 5660. The number of esters is 1. The maximum atomic E-state index is 14.9. The van der Waals surface area contributed by atoms with E-state index < -0.39 is 143 Å². The highest BCUT2D eigenvalue weighted by atomic mass is 32.2. The van der Waals surface area contributed by atoms with Gasteiger partial charge < -0.3 is 73.4 Å². The van der Waals surface area contributed by atoms with E-state index in [-0.39, 0.29) is 151 Å². The van der Waals surface area contributed by atoms with Gasteiger partial charge in [-0.25, -0.2) is 39.5 Å². The second-order valence-electron chi connectivity index (χ2n) is 29.0. The molecule has 2 aromatic carbocycles. The van der Waals surface area contributed by atoms with Crippen molar-refractivity contribution in [3.8, 4) is 38.4 Å². The molecule has 0 aliphatic carbocycles. The molecule has 0 fully saturated rings. The number of aliphatic hydroxyl groups is 2. The number of rotatable bonds is 25. The van der Waals surface area contributed by atoms with Gasteiger partial charge in [0.1, 0.15) is 84.9 Å². The van der Waals surface area contributed by atoms with Crippen molar-refractivity contribution in [2.75, 3.05) is 24.2 Å². The second-order valence-corrected chi connectivity index (χ2v) is 34.3. The van der Waals surface area contributed by atoms with Crippen LogP contribution in [0.1, 0.15) is 182 Å². The number of carbonyl (C=O) groups excluding carboxylic acids is 14. The number of imide groups is 1. The minimum atomic E-state index is -1.83. The van der Waals surface area contributed by atoms with Crippen LogP contribution in [0.3, 0.4) is 0 Å². The summed E-state index contributed by atoms with van der Waals surface area (Å²) in [6.45, 7) is 11.4. The number of H-pyrrole nitrogens is 1. The Kier molecular flexibility index (Phi) is 29.2. The fourth-order valence-electron chi connectivity index (χ4n) is 13.4. The minimum absolute atomic E-state index is 0.0120. The highest BCUT2D eigenvalue weighted by Gasteiger charge is 2.36. The van der Waals surface area contributed by atoms with Crippen molar-refractivity contribution >= 4 is 173 Å². The van der Waals surface area contributed by atoms with Crippen LogP contribution in [-0.4, -0.2) is 175 Å². The number of fused-ring (bicyclic) bond motifs is 13. The van der Waals surface area contributed by atoms with Gasteiger partial charge in [0.15, 0.2) is 17.7 Å². The summed E-state index contributed by atoms with van der Waals surface area (Å²) in [5, 5.41) is 49.8. The number of thioether (sulfide) groups is 1. The summed E-state index contributed by atoms with van der Waals surface area (Å²) in [4.78, 5) is 223. The fraction of sp³-hybridized carbons (Fsp3) is 0.333. The van der Waals surface area contributed by atoms with E-state index in [1.807, 2.05) is 0 Å². The standard InChI is InChI=1S/C81H83N17O18S6/c1-7-47-76-90-49(31-119-76)55(100)26-44-27-57(102)79(112)116-30-43-13-11-15-48-62(43)38(4)64(87-48)80(113)122-36-54(89-71(109)52-33-117-74(44)92-52)77-91-50(32-120-77)66-46(75-93-53(34-118-75)72(110)97-65(40(6)99)73(111)88-47)28-58(67(96-66)78-94-51(35-121-78)70(108)85-39(5)68(82)106)115-29-41-17-19-45(20-18-41)86-69(107)42(14-12-23-84-81(83)114)25-56(101)63(37(2)3)95-59(103)16-9-8-10-24-98-60(104)21-22-61(98)105/h7,11,13,15,17-22,28,31-35,37,40,42,44,54,57,63,65,87,99,102H,5,8-10,12,14,16,23-27,29-30,36H2,1-4,6H3,(H2,82,106)(H,85,108)(H,86,107)(H,88,111)(H,89,109)(H,95,103)(H,97,110)(H3,83,84,114)/b47-7-. The van der Waals surface area contributed by atoms with Crippen molar-refractivity contribution in [3.05, 3.63) is 166 Å². The molecule has 12 rings (SSSR count). The van der Waals surface area contributed by atoms with Crippen LogP contribution in [0, 0.1) is 18.8 Å². The number of nitrogens with two attached hydrogens (primary N) is 2. The molecule has 122 heavy (non-hydrogen) atoms. The van der Waals surface area contributed by atoms with E-state index in [2.05, 4.69) is 63.7 Å². The number of benzene rings is 2. The summed E-state index contributed by atoms with van der Waals surface area (Å²) in [5.74, 6) is -10.8. The lowest BCUT2D eigenvalue weighted by atomic mass is 9.89. The lowest BCUT2D eigenvalue weighted by molar-refractivity contribution is -0.155. The molecule has 3 aliphatic rings. The smallest absolute Gasteiger partial charge is 0.335 e. The molecule has 11 amide bonds. The normalized spacial score (nSPS) is 17.8. The van der Waals surface area contributed by atoms with Crippen LogP contribution in [0.25, 0.3) is 49.3 Å². The van der Waals surface area contributed by atoms with Gasteiger partial charge in [0.2, 0.25) is 22.8 Å². The third kappa shape index (κ3) is 21.7. The van der Waals surface area contributed by atoms with Crippen LogP contribution in [0.5, 0.6) is 5.75 Å². The molecule has 0 saturated carbocycles.